The normalized spacial score (nSPS) is 13.3. The number of carbonyl (C=O) groups excluding carboxylic acids is 4. The van der Waals surface area contributed by atoms with Crippen LogP contribution in [-0.2, 0) is 32.4 Å². The van der Waals surface area contributed by atoms with Crippen LogP contribution in [0.4, 0.5) is 35.1 Å². The van der Waals surface area contributed by atoms with E-state index >= 15 is 44.7 Å². The number of ether oxygens (including phenoxy) is 2. The molecule has 0 spiro atoms. The minimum absolute atomic E-state index is 0.0470. The van der Waals surface area contributed by atoms with E-state index in [-0.39, 0.29) is 33.4 Å². The highest BCUT2D eigenvalue weighted by molar-refractivity contribution is 6.29. The van der Waals surface area contributed by atoms with E-state index in [0.717, 1.165) is 119 Å². The Morgan fingerprint density at radius 3 is 1.10 bits per heavy atom. The zero-order valence-corrected chi connectivity index (χ0v) is 61.2. The summed E-state index contributed by atoms with van der Waals surface area (Å²) in [5.74, 6) is -28.2. The number of aromatic nitrogens is 2. The van der Waals surface area contributed by atoms with Gasteiger partial charge in [-0.05, 0) is 133 Å². The molecule has 20 heteroatoms. The molecule has 12 rings (SSSR count). The number of hydrogen-bond donors (Lipinski definition) is 0. The van der Waals surface area contributed by atoms with Gasteiger partial charge in [-0.15, -0.1) is 0 Å². The van der Waals surface area contributed by atoms with Gasteiger partial charge in [0.2, 0.25) is 0 Å². The molecule has 12 nitrogen and oxygen atoms in total. The number of unbranched alkanes of at least 4 members (excludes halogenated alkanes) is 2. The van der Waals surface area contributed by atoms with Crippen LogP contribution in [0.3, 0.4) is 0 Å². The molecule has 0 aliphatic carbocycles. The van der Waals surface area contributed by atoms with Gasteiger partial charge in [0.15, 0.2) is 24.8 Å². The van der Waals surface area contributed by atoms with Crippen LogP contribution in [-0.4, -0.2) is 81.0 Å². The lowest BCUT2D eigenvalue weighted by Gasteiger charge is -2.36. The van der Waals surface area contributed by atoms with Crippen molar-refractivity contribution in [1.29, 1.82) is 0 Å². The van der Waals surface area contributed by atoms with Crippen molar-refractivity contribution in [1.82, 2.24) is 9.13 Å². The molecule has 0 aliphatic heterocycles. The summed E-state index contributed by atoms with van der Waals surface area (Å²) >= 11 is 0. The molecular weight excluding hydrogens is 1390 g/mol. The van der Waals surface area contributed by atoms with Crippen LogP contribution in [0.2, 0.25) is 0 Å². The number of benzene rings is 10. The third-order valence-electron chi connectivity index (χ3n) is 20.4. The van der Waals surface area contributed by atoms with Gasteiger partial charge in [-0.25, -0.2) is 9.59 Å². The van der Waals surface area contributed by atoms with Crippen molar-refractivity contribution in [2.24, 2.45) is 22.1 Å². The van der Waals surface area contributed by atoms with Gasteiger partial charge in [0.05, 0.1) is 11.0 Å². The van der Waals surface area contributed by atoms with Gasteiger partial charge in [0.25, 0.3) is 0 Å². The predicted octanol–water partition coefficient (Wildman–Crippen LogP) is 22.4. The van der Waals surface area contributed by atoms with Crippen LogP contribution in [0.1, 0.15) is 158 Å². The molecule has 0 N–H and O–H groups in total. The lowest BCUT2D eigenvalue weighted by Crippen LogP contribution is -2.65. The fraction of sp³-hybridized carbons (Fsp3) is 0.295. The third kappa shape index (κ3) is 15.1. The Morgan fingerprint density at radius 2 is 0.759 bits per heavy atom. The molecule has 0 radical (unpaired) electrons. The highest BCUT2D eigenvalue weighted by Gasteiger charge is 2.81. The van der Waals surface area contributed by atoms with Crippen molar-refractivity contribution in [3.8, 4) is 11.5 Å². The molecule has 108 heavy (non-hydrogen) atoms. The second-order valence-corrected chi connectivity index (χ2v) is 27.8. The van der Waals surface area contributed by atoms with Gasteiger partial charge in [-0.3, -0.25) is 9.59 Å². The summed E-state index contributed by atoms with van der Waals surface area (Å²) in [4.78, 5) is 64.7. The summed E-state index contributed by atoms with van der Waals surface area (Å²) in [5.41, 5.74) is 7.57. The fourth-order valence-corrected chi connectivity index (χ4v) is 14.5. The Balaban J connectivity index is 0.788. The molecule has 0 saturated heterocycles. The van der Waals surface area contributed by atoms with Crippen LogP contribution in [0, 0.1) is 25.7 Å². The van der Waals surface area contributed by atoms with Crippen LogP contribution in [0.5, 0.6) is 11.5 Å². The molecule has 2 unspecified atom stereocenters. The molecule has 10 aromatic carbocycles. The molecule has 0 saturated carbocycles. The molecule has 2 atom stereocenters. The first kappa shape index (κ1) is 76.6. The Kier molecular flexibility index (Phi) is 22.6. The van der Waals surface area contributed by atoms with Gasteiger partial charge in [0, 0.05) is 115 Å². The number of oxime groups is 2. The Morgan fingerprint density at radius 1 is 0.398 bits per heavy atom. The SMILES string of the molecule is CCCCC(CC)Cn1c2ccc(/C(=N/OC(C)=O)c3ccccc3)cc2c2cc(C(=O)c3ccc(OCC(F)(F)C(F)(F)C(F)(F)C(F)(F)COc4ccc(C(=O)c5cc6c7cc(/C(=N/OC(C)=O)c8ccccc8)ccc7n(CC(CC)CCCC)c6c6ccccc56)c(C)c4)cc3C)c3ccccc3c21. The average Bonchev–Trinajstić information content (AvgIpc) is 1.57. The molecule has 0 bridgehead atoms. The zero-order valence-electron chi connectivity index (χ0n) is 61.2. The molecule has 2 heterocycles. The lowest BCUT2D eigenvalue weighted by atomic mass is 9.92. The van der Waals surface area contributed by atoms with Crippen molar-refractivity contribution < 1.29 is 73.5 Å². The third-order valence-corrected chi connectivity index (χ3v) is 20.4. The highest BCUT2D eigenvalue weighted by atomic mass is 19.4. The van der Waals surface area contributed by atoms with Crippen LogP contribution >= 0.6 is 0 Å². The summed E-state index contributed by atoms with van der Waals surface area (Å²) in [6.07, 6.45) is 7.82. The first-order valence-electron chi connectivity index (χ1n) is 36.4. The van der Waals surface area contributed by atoms with Gasteiger partial charge in [-0.1, -0.05) is 198 Å². The molecule has 558 valence electrons. The summed E-state index contributed by atoms with van der Waals surface area (Å²) in [5, 5.41) is 14.1. The minimum atomic E-state index is -6.75. The maximum atomic E-state index is 15.7. The standard InChI is InChI=1S/C88H82F8N4O8/c1-9-13-25-57(11-3)49-99-77-41-35-61(79(97-107-55(7)101)59-27-17-15-18-28-59)45-71(77)73-47-75(67-31-21-23-33-69(67)81(73)99)83(103)65-39-37-63(43-53(65)5)105-51-85(89,90)87(93,94)88(95,96)86(91,92)52-106-64-38-40-66(54(6)44-64)84(104)76-48-74-72-46-62(80(98-108-56(8)102)60-29-19-16-20-30-60)36-42-78(72)100(50-58(12-4)26-14-10-2)82(74)70-34-24-22-32-68(70)76/h15-24,27-48,57-58H,9-14,25-26,49-52H2,1-8H3/b97-79+,98-80+. The van der Waals surface area contributed by atoms with Gasteiger partial charge >= 0.3 is 35.6 Å². The number of halogens is 8. The van der Waals surface area contributed by atoms with Gasteiger partial charge < -0.3 is 28.3 Å². The maximum absolute atomic E-state index is 15.7. The smallest absolute Gasteiger partial charge is 0.381 e. The van der Waals surface area contributed by atoms with E-state index in [4.69, 9.17) is 19.1 Å². The van der Waals surface area contributed by atoms with Crippen molar-refractivity contribution in [3.05, 3.63) is 250 Å². The van der Waals surface area contributed by atoms with E-state index in [2.05, 4.69) is 47.1 Å². The maximum Gasteiger partial charge on any atom is 0.381 e. The summed E-state index contributed by atoms with van der Waals surface area (Å²) in [7, 11) is 0. The summed E-state index contributed by atoms with van der Waals surface area (Å²) in [6, 6.07) is 54.9. The molecule has 0 fully saturated rings. The van der Waals surface area contributed by atoms with Crippen molar-refractivity contribution in [2.75, 3.05) is 13.2 Å². The molecular formula is C88H82F8N4O8. The van der Waals surface area contributed by atoms with Crippen molar-refractivity contribution >= 4 is 100 Å². The fourth-order valence-electron chi connectivity index (χ4n) is 14.5. The van der Waals surface area contributed by atoms with E-state index in [0.29, 0.717) is 80.1 Å². The highest BCUT2D eigenvalue weighted by Crippen LogP contribution is 2.53. The lowest BCUT2D eigenvalue weighted by molar-refractivity contribution is -0.371. The number of fused-ring (bicyclic) bond motifs is 10. The van der Waals surface area contributed by atoms with Gasteiger partial charge in [0.1, 0.15) is 22.9 Å². The van der Waals surface area contributed by atoms with Crippen LogP contribution in [0.15, 0.2) is 204 Å². The van der Waals surface area contributed by atoms with Gasteiger partial charge in [-0.2, -0.15) is 35.1 Å². The monoisotopic (exact) mass is 1470 g/mol. The number of carbonyl (C=O) groups is 4. The molecule has 2 aromatic heterocycles. The summed E-state index contributed by atoms with van der Waals surface area (Å²) in [6.45, 7) is 10.3. The first-order valence-corrected chi connectivity index (χ1v) is 36.4. The number of rotatable bonds is 31. The second-order valence-electron chi connectivity index (χ2n) is 27.8. The number of nitrogens with zero attached hydrogens (tertiary/aromatic N) is 4. The van der Waals surface area contributed by atoms with Crippen molar-refractivity contribution in [3.63, 3.8) is 0 Å². The second kappa shape index (κ2) is 31.8. The van der Waals surface area contributed by atoms with E-state index < -0.39 is 71.9 Å². The first-order chi connectivity index (χ1) is 51.7. The number of aryl methyl sites for hydroxylation is 2. The Labute approximate surface area is 619 Å². The van der Waals surface area contributed by atoms with E-state index in [1.54, 1.807) is 36.4 Å². The predicted molar refractivity (Wildman–Crippen MR) is 408 cm³/mol. The average molecular weight is 1480 g/mol. The van der Waals surface area contributed by atoms with E-state index in [9.17, 15) is 9.59 Å². The largest absolute Gasteiger partial charge is 0.487 e. The Hall–Kier alpha value is -11.0. The Bertz CT molecular complexity index is 5140. The minimum Gasteiger partial charge on any atom is -0.487 e. The quantitative estimate of drug-likeness (QED) is 0.0138. The van der Waals surface area contributed by atoms with Crippen molar-refractivity contribution in [2.45, 2.75) is 144 Å². The number of ketones is 2. The molecule has 0 aliphatic rings. The van der Waals surface area contributed by atoms with E-state index in [1.165, 1.54) is 39.8 Å². The topological polar surface area (TPSA) is 140 Å². The number of hydrogen-bond acceptors (Lipinski definition) is 10. The van der Waals surface area contributed by atoms with Crippen LogP contribution < -0.4 is 9.47 Å². The number of alkyl halides is 8. The molecule has 0 amide bonds. The van der Waals surface area contributed by atoms with Crippen LogP contribution in [0.25, 0.3) is 65.2 Å². The molecule has 12 aromatic rings. The summed E-state index contributed by atoms with van der Waals surface area (Å²) < 4.78 is 140. The van der Waals surface area contributed by atoms with E-state index in [1.807, 2.05) is 121 Å². The zero-order chi connectivity index (χ0) is 77.0.